The van der Waals surface area contributed by atoms with Crippen LogP contribution in [0.5, 0.6) is 0 Å². The molecule has 0 spiro atoms. The highest BCUT2D eigenvalue weighted by Gasteiger charge is 2.03. The van der Waals surface area contributed by atoms with Gasteiger partial charge in [-0.15, -0.1) is 0 Å². The van der Waals surface area contributed by atoms with E-state index in [0.29, 0.717) is 18.5 Å². The zero-order chi connectivity index (χ0) is 13.5. The molecule has 0 fully saturated rings. The molecule has 0 aliphatic carbocycles. The summed E-state index contributed by atoms with van der Waals surface area (Å²) in [7, 11) is 0. The molecule has 18 heavy (non-hydrogen) atoms. The number of carbonyl (C=O) groups excluding carboxylic acids is 2. The lowest BCUT2D eigenvalue weighted by Gasteiger charge is -2.08. The fourth-order valence-corrected chi connectivity index (χ4v) is 1.66. The first-order valence-electron chi connectivity index (χ1n) is 5.89. The topological polar surface area (TPSA) is 98.2 Å². The number of amides is 2. The third-order valence-electron chi connectivity index (χ3n) is 2.72. The van der Waals surface area contributed by atoms with Gasteiger partial charge in [0.05, 0.1) is 0 Å². The fourth-order valence-electron chi connectivity index (χ4n) is 1.66. The highest BCUT2D eigenvalue weighted by molar-refractivity contribution is 5.93. The Morgan fingerprint density at radius 3 is 2.56 bits per heavy atom. The van der Waals surface area contributed by atoms with Gasteiger partial charge in [-0.1, -0.05) is 6.07 Å². The standard InChI is InChI=1S/C13H19N3O2/c1-9-7-10(13(15)18)4-5-11(9)8-16-6-2-3-12(14)17/h4-5,7,16H,2-3,6,8H2,1H3,(H2,14,17)(H2,15,18). The van der Waals surface area contributed by atoms with E-state index in [4.69, 9.17) is 11.5 Å². The lowest BCUT2D eigenvalue weighted by Crippen LogP contribution is -2.19. The molecule has 98 valence electrons. The molecule has 0 heterocycles. The summed E-state index contributed by atoms with van der Waals surface area (Å²) in [5, 5.41) is 3.22. The minimum absolute atomic E-state index is 0.279. The van der Waals surface area contributed by atoms with E-state index in [-0.39, 0.29) is 5.91 Å². The monoisotopic (exact) mass is 249 g/mol. The summed E-state index contributed by atoms with van der Waals surface area (Å²) in [4.78, 5) is 21.5. The molecule has 2 amide bonds. The second kappa shape index (κ2) is 6.76. The molecule has 0 aromatic heterocycles. The van der Waals surface area contributed by atoms with Gasteiger partial charge in [-0.3, -0.25) is 9.59 Å². The van der Waals surface area contributed by atoms with Crippen molar-refractivity contribution < 1.29 is 9.59 Å². The predicted octanol–water partition coefficient (Wildman–Crippen LogP) is 0.449. The Morgan fingerprint density at radius 2 is 2.00 bits per heavy atom. The lowest BCUT2D eigenvalue weighted by molar-refractivity contribution is -0.118. The third kappa shape index (κ3) is 4.55. The van der Waals surface area contributed by atoms with Crippen molar-refractivity contribution in [3.8, 4) is 0 Å². The maximum Gasteiger partial charge on any atom is 0.248 e. The Labute approximate surface area is 107 Å². The lowest BCUT2D eigenvalue weighted by atomic mass is 10.0. The number of nitrogens with one attached hydrogen (secondary N) is 1. The molecule has 5 nitrogen and oxygen atoms in total. The van der Waals surface area contributed by atoms with Gasteiger partial charge in [-0.05, 0) is 43.1 Å². The van der Waals surface area contributed by atoms with E-state index < -0.39 is 5.91 Å². The quantitative estimate of drug-likeness (QED) is 0.612. The molecule has 1 aromatic rings. The highest BCUT2D eigenvalue weighted by Crippen LogP contribution is 2.10. The first-order chi connectivity index (χ1) is 8.50. The summed E-state index contributed by atoms with van der Waals surface area (Å²) in [5.74, 6) is -0.696. The maximum atomic E-state index is 11.0. The molecule has 1 aromatic carbocycles. The molecule has 1 rings (SSSR count). The second-order valence-corrected chi connectivity index (χ2v) is 4.25. The largest absolute Gasteiger partial charge is 0.370 e. The van der Waals surface area contributed by atoms with Crippen LogP contribution in [-0.2, 0) is 11.3 Å². The molecule has 0 aliphatic rings. The fraction of sp³-hybridized carbons (Fsp3) is 0.385. The van der Waals surface area contributed by atoms with Gasteiger partial charge >= 0.3 is 0 Å². The van der Waals surface area contributed by atoms with Gasteiger partial charge in [0.25, 0.3) is 0 Å². The van der Waals surface area contributed by atoms with Crippen molar-refractivity contribution in [1.29, 1.82) is 0 Å². The average molecular weight is 249 g/mol. The minimum Gasteiger partial charge on any atom is -0.370 e. The van der Waals surface area contributed by atoms with Crippen molar-refractivity contribution in [1.82, 2.24) is 5.32 Å². The van der Waals surface area contributed by atoms with Crippen molar-refractivity contribution in [2.75, 3.05) is 6.54 Å². The van der Waals surface area contributed by atoms with Crippen molar-refractivity contribution in [2.45, 2.75) is 26.3 Å². The Balaban J connectivity index is 2.43. The number of benzene rings is 1. The highest BCUT2D eigenvalue weighted by atomic mass is 16.1. The van der Waals surface area contributed by atoms with E-state index in [1.807, 2.05) is 13.0 Å². The van der Waals surface area contributed by atoms with Crippen LogP contribution in [0.2, 0.25) is 0 Å². The Bertz CT molecular complexity index is 444. The zero-order valence-corrected chi connectivity index (χ0v) is 10.5. The van der Waals surface area contributed by atoms with E-state index in [9.17, 15) is 9.59 Å². The molecule has 0 unspecified atom stereocenters. The first kappa shape index (κ1) is 14.2. The first-order valence-corrected chi connectivity index (χ1v) is 5.89. The van der Waals surface area contributed by atoms with Crippen LogP contribution in [0.25, 0.3) is 0 Å². The molecule has 0 saturated carbocycles. The molecule has 0 saturated heterocycles. The summed E-state index contributed by atoms with van der Waals surface area (Å²) in [5.41, 5.74) is 12.9. The van der Waals surface area contributed by atoms with E-state index in [1.54, 1.807) is 12.1 Å². The van der Waals surface area contributed by atoms with Gasteiger partial charge in [0.1, 0.15) is 0 Å². The van der Waals surface area contributed by atoms with Crippen LogP contribution in [-0.4, -0.2) is 18.4 Å². The van der Waals surface area contributed by atoms with Gasteiger partial charge in [0.15, 0.2) is 0 Å². The number of carbonyl (C=O) groups is 2. The van der Waals surface area contributed by atoms with Crippen LogP contribution in [0.15, 0.2) is 18.2 Å². The van der Waals surface area contributed by atoms with Gasteiger partial charge in [0.2, 0.25) is 11.8 Å². The van der Waals surface area contributed by atoms with Crippen molar-refractivity contribution in [3.63, 3.8) is 0 Å². The number of aryl methyl sites for hydroxylation is 1. The van der Waals surface area contributed by atoms with Crippen LogP contribution < -0.4 is 16.8 Å². The van der Waals surface area contributed by atoms with Gasteiger partial charge in [0, 0.05) is 18.5 Å². The molecular weight excluding hydrogens is 230 g/mol. The SMILES string of the molecule is Cc1cc(C(N)=O)ccc1CNCCCC(N)=O. The molecule has 0 aliphatic heterocycles. The van der Waals surface area contributed by atoms with Crippen LogP contribution in [0, 0.1) is 6.92 Å². The number of primary amides is 2. The van der Waals surface area contributed by atoms with Crippen molar-refractivity contribution >= 4 is 11.8 Å². The minimum atomic E-state index is -0.418. The van der Waals surface area contributed by atoms with Crippen molar-refractivity contribution in [2.24, 2.45) is 11.5 Å². The van der Waals surface area contributed by atoms with Crippen LogP contribution in [0.1, 0.15) is 34.3 Å². The number of hydrogen-bond acceptors (Lipinski definition) is 3. The van der Waals surface area contributed by atoms with Gasteiger partial charge < -0.3 is 16.8 Å². The Hall–Kier alpha value is -1.88. The predicted molar refractivity (Wildman–Crippen MR) is 69.8 cm³/mol. The number of hydrogen-bond donors (Lipinski definition) is 3. The molecular formula is C13H19N3O2. The zero-order valence-electron chi connectivity index (χ0n) is 10.5. The molecule has 0 atom stereocenters. The molecule has 0 radical (unpaired) electrons. The van der Waals surface area contributed by atoms with E-state index in [0.717, 1.165) is 24.1 Å². The van der Waals surface area contributed by atoms with Crippen LogP contribution >= 0.6 is 0 Å². The molecule has 0 bridgehead atoms. The summed E-state index contributed by atoms with van der Waals surface area (Å²) in [6, 6.07) is 5.38. The number of rotatable bonds is 7. The van der Waals surface area contributed by atoms with Crippen LogP contribution in [0.3, 0.4) is 0 Å². The van der Waals surface area contributed by atoms with E-state index in [2.05, 4.69) is 5.32 Å². The second-order valence-electron chi connectivity index (χ2n) is 4.25. The normalized spacial score (nSPS) is 10.3. The van der Waals surface area contributed by atoms with Crippen LogP contribution in [0.4, 0.5) is 0 Å². The summed E-state index contributed by atoms with van der Waals surface area (Å²) in [6.07, 6.45) is 1.13. The van der Waals surface area contributed by atoms with E-state index in [1.165, 1.54) is 0 Å². The molecule has 5 N–H and O–H groups in total. The summed E-state index contributed by atoms with van der Waals surface area (Å²) in [6.45, 7) is 3.37. The Kier molecular flexibility index (Phi) is 5.32. The summed E-state index contributed by atoms with van der Waals surface area (Å²) >= 11 is 0. The average Bonchev–Trinajstić information content (AvgIpc) is 2.29. The molecule has 5 heteroatoms. The van der Waals surface area contributed by atoms with Gasteiger partial charge in [-0.25, -0.2) is 0 Å². The Morgan fingerprint density at radius 1 is 1.28 bits per heavy atom. The smallest absolute Gasteiger partial charge is 0.248 e. The van der Waals surface area contributed by atoms with Gasteiger partial charge in [-0.2, -0.15) is 0 Å². The van der Waals surface area contributed by atoms with Crippen molar-refractivity contribution in [3.05, 3.63) is 34.9 Å². The summed E-state index contributed by atoms with van der Waals surface area (Å²) < 4.78 is 0. The third-order valence-corrected chi connectivity index (χ3v) is 2.72. The number of nitrogens with two attached hydrogens (primary N) is 2. The van der Waals surface area contributed by atoms with E-state index >= 15 is 0 Å². The maximum absolute atomic E-state index is 11.0.